The fourth-order valence-corrected chi connectivity index (χ4v) is 1.54. The van der Waals surface area contributed by atoms with Crippen molar-refractivity contribution in [3.05, 3.63) is 12.8 Å². The van der Waals surface area contributed by atoms with E-state index < -0.39 is 6.43 Å². The minimum atomic E-state index is -2.24. The van der Waals surface area contributed by atoms with Gasteiger partial charge < -0.3 is 10.2 Å². The van der Waals surface area contributed by atoms with E-state index in [0.29, 0.717) is 0 Å². The Hall–Kier alpha value is -0.640. The van der Waals surface area contributed by atoms with Crippen LogP contribution in [-0.2, 0) is 0 Å². The number of nitrogens with one attached hydrogen (secondary N) is 1. The van der Waals surface area contributed by atoms with Gasteiger partial charge in [0.2, 0.25) is 0 Å². The molecule has 0 atom stereocenters. The molecule has 0 aromatic rings. The van der Waals surface area contributed by atoms with E-state index in [0.717, 1.165) is 25.9 Å². The summed E-state index contributed by atoms with van der Waals surface area (Å²) in [7, 11) is 0. The van der Waals surface area contributed by atoms with Crippen molar-refractivity contribution in [3.8, 4) is 0 Å². The quantitative estimate of drug-likeness (QED) is 0.721. The number of likely N-dealkylation sites (tertiary alicyclic amines) is 1. The number of halogens is 2. The molecule has 0 amide bonds. The summed E-state index contributed by atoms with van der Waals surface area (Å²) in [4.78, 5) is 2.11. The maximum absolute atomic E-state index is 11.8. The van der Waals surface area contributed by atoms with Crippen LogP contribution in [0, 0.1) is 0 Å². The molecule has 1 rings (SSSR count). The summed E-state index contributed by atoms with van der Waals surface area (Å²) < 4.78 is 23.7. The summed E-state index contributed by atoms with van der Waals surface area (Å²) in [6.45, 7) is 5.33. The number of nitrogens with zero attached hydrogens (tertiary/aromatic N) is 1. The fraction of sp³-hybridized carbons (Fsp3) is 0.778. The van der Waals surface area contributed by atoms with Crippen LogP contribution >= 0.6 is 0 Å². The molecule has 13 heavy (non-hydrogen) atoms. The minimum absolute atomic E-state index is 0.182. The predicted octanol–water partition coefficient (Wildman–Crippen LogP) is 1.45. The molecule has 0 unspecified atom stereocenters. The first-order valence-electron chi connectivity index (χ1n) is 4.60. The highest BCUT2D eigenvalue weighted by Crippen LogP contribution is 2.10. The molecule has 4 heteroatoms. The van der Waals surface area contributed by atoms with E-state index in [4.69, 9.17) is 0 Å². The average Bonchev–Trinajstić information content (AvgIpc) is 2.15. The fourth-order valence-electron chi connectivity index (χ4n) is 1.54. The Bertz CT molecular complexity index is 154. The van der Waals surface area contributed by atoms with Crippen molar-refractivity contribution in [1.82, 2.24) is 10.2 Å². The van der Waals surface area contributed by atoms with Crippen LogP contribution in [0.3, 0.4) is 0 Å². The molecule has 0 aromatic carbocycles. The van der Waals surface area contributed by atoms with Gasteiger partial charge in [0.05, 0.1) is 6.54 Å². The van der Waals surface area contributed by atoms with Crippen molar-refractivity contribution >= 4 is 0 Å². The van der Waals surface area contributed by atoms with Crippen molar-refractivity contribution in [1.29, 1.82) is 0 Å². The molecule has 1 saturated heterocycles. The third-order valence-electron chi connectivity index (χ3n) is 2.35. The second-order valence-electron chi connectivity index (χ2n) is 3.29. The van der Waals surface area contributed by atoms with Crippen molar-refractivity contribution in [2.45, 2.75) is 25.3 Å². The number of piperidine rings is 1. The van der Waals surface area contributed by atoms with Crippen LogP contribution in [0.25, 0.3) is 0 Å². The van der Waals surface area contributed by atoms with E-state index in [1.165, 1.54) is 0 Å². The second-order valence-corrected chi connectivity index (χ2v) is 3.29. The summed E-state index contributed by atoms with van der Waals surface area (Å²) in [6, 6.07) is 0.255. The van der Waals surface area contributed by atoms with Crippen molar-refractivity contribution in [2.75, 3.05) is 19.6 Å². The maximum Gasteiger partial charge on any atom is 0.250 e. The lowest BCUT2D eigenvalue weighted by Gasteiger charge is -2.31. The average molecular weight is 190 g/mol. The monoisotopic (exact) mass is 190 g/mol. The van der Waals surface area contributed by atoms with E-state index in [-0.39, 0.29) is 12.6 Å². The van der Waals surface area contributed by atoms with E-state index in [2.05, 4.69) is 16.8 Å². The van der Waals surface area contributed by atoms with Crippen LogP contribution < -0.4 is 5.32 Å². The number of hydrogen-bond donors (Lipinski definition) is 1. The van der Waals surface area contributed by atoms with Gasteiger partial charge in [-0.15, -0.1) is 0 Å². The first-order chi connectivity index (χ1) is 6.22. The zero-order valence-corrected chi connectivity index (χ0v) is 7.68. The van der Waals surface area contributed by atoms with Gasteiger partial charge in [-0.05, 0) is 19.0 Å². The number of alkyl halides is 2. The maximum atomic E-state index is 11.8. The molecular weight excluding hydrogens is 174 g/mol. The smallest absolute Gasteiger partial charge is 0.250 e. The van der Waals surface area contributed by atoms with Gasteiger partial charge in [0.25, 0.3) is 6.43 Å². The van der Waals surface area contributed by atoms with Crippen LogP contribution in [0.5, 0.6) is 0 Å². The number of rotatable bonds is 4. The van der Waals surface area contributed by atoms with Gasteiger partial charge in [-0.3, -0.25) is 0 Å². The van der Waals surface area contributed by atoms with Crippen molar-refractivity contribution < 1.29 is 8.78 Å². The molecule has 1 fully saturated rings. The first-order valence-corrected chi connectivity index (χ1v) is 4.60. The van der Waals surface area contributed by atoms with E-state index in [9.17, 15) is 8.78 Å². The Morgan fingerprint density at radius 2 is 2.08 bits per heavy atom. The Kier molecular flexibility index (Phi) is 4.15. The van der Waals surface area contributed by atoms with Crippen LogP contribution in [0.15, 0.2) is 12.8 Å². The van der Waals surface area contributed by atoms with Crippen LogP contribution in [0.1, 0.15) is 12.8 Å². The van der Waals surface area contributed by atoms with E-state index >= 15 is 0 Å². The molecule has 1 N–H and O–H groups in total. The SMILES string of the molecule is C=CN1CCC(NCC(F)F)CC1. The summed E-state index contributed by atoms with van der Waals surface area (Å²) >= 11 is 0. The molecule has 76 valence electrons. The molecule has 0 aromatic heterocycles. The summed E-state index contributed by atoms with van der Waals surface area (Å²) in [5.74, 6) is 0. The summed E-state index contributed by atoms with van der Waals surface area (Å²) in [6.07, 6.45) is 1.43. The molecule has 1 aliphatic rings. The molecule has 0 saturated carbocycles. The molecule has 1 heterocycles. The zero-order valence-electron chi connectivity index (χ0n) is 7.68. The predicted molar refractivity (Wildman–Crippen MR) is 48.8 cm³/mol. The zero-order chi connectivity index (χ0) is 9.68. The topological polar surface area (TPSA) is 15.3 Å². The molecule has 0 spiro atoms. The Morgan fingerprint density at radius 1 is 1.46 bits per heavy atom. The Labute approximate surface area is 77.6 Å². The molecule has 2 nitrogen and oxygen atoms in total. The highest BCUT2D eigenvalue weighted by molar-refractivity contribution is 4.81. The Morgan fingerprint density at radius 3 is 2.54 bits per heavy atom. The van der Waals surface area contributed by atoms with Gasteiger partial charge in [-0.1, -0.05) is 6.58 Å². The third kappa shape index (κ3) is 3.72. The highest BCUT2D eigenvalue weighted by Gasteiger charge is 2.17. The van der Waals surface area contributed by atoms with Crippen LogP contribution in [-0.4, -0.2) is 37.0 Å². The normalized spacial score (nSPS) is 19.5. The van der Waals surface area contributed by atoms with Gasteiger partial charge in [0.15, 0.2) is 0 Å². The molecule has 0 radical (unpaired) electrons. The van der Waals surface area contributed by atoms with Gasteiger partial charge in [0.1, 0.15) is 0 Å². The van der Waals surface area contributed by atoms with Gasteiger partial charge >= 0.3 is 0 Å². The lowest BCUT2D eigenvalue weighted by atomic mass is 10.1. The van der Waals surface area contributed by atoms with Gasteiger partial charge in [0, 0.05) is 19.1 Å². The summed E-state index contributed by atoms with van der Waals surface area (Å²) in [5.41, 5.74) is 0. The third-order valence-corrected chi connectivity index (χ3v) is 2.35. The minimum Gasteiger partial charge on any atom is -0.378 e. The molecule has 1 aliphatic heterocycles. The molecule has 0 aliphatic carbocycles. The Balaban J connectivity index is 2.14. The largest absolute Gasteiger partial charge is 0.378 e. The molecular formula is C9H16F2N2. The lowest BCUT2D eigenvalue weighted by Crippen LogP contribution is -2.41. The van der Waals surface area contributed by atoms with E-state index in [1.807, 2.05) is 6.20 Å². The van der Waals surface area contributed by atoms with Crippen molar-refractivity contribution in [2.24, 2.45) is 0 Å². The second kappa shape index (κ2) is 5.17. The van der Waals surface area contributed by atoms with Gasteiger partial charge in [-0.2, -0.15) is 0 Å². The highest BCUT2D eigenvalue weighted by atomic mass is 19.3. The van der Waals surface area contributed by atoms with Crippen LogP contribution in [0.4, 0.5) is 8.78 Å². The molecule has 0 bridgehead atoms. The lowest BCUT2D eigenvalue weighted by molar-refractivity contribution is 0.134. The van der Waals surface area contributed by atoms with Crippen LogP contribution in [0.2, 0.25) is 0 Å². The van der Waals surface area contributed by atoms with E-state index in [1.54, 1.807) is 0 Å². The number of hydrogen-bond acceptors (Lipinski definition) is 2. The van der Waals surface area contributed by atoms with Gasteiger partial charge in [-0.25, -0.2) is 8.78 Å². The van der Waals surface area contributed by atoms with Crippen molar-refractivity contribution in [3.63, 3.8) is 0 Å². The summed E-state index contributed by atoms with van der Waals surface area (Å²) in [5, 5.41) is 2.85. The first kappa shape index (κ1) is 10.4. The standard InChI is InChI=1S/C9H16F2N2/c1-2-13-5-3-8(4-6-13)12-7-9(10)11/h2,8-9,12H,1,3-7H2.